The summed E-state index contributed by atoms with van der Waals surface area (Å²) in [6, 6.07) is 2.26. The van der Waals surface area contributed by atoms with Gasteiger partial charge in [0.25, 0.3) is 11.4 Å². The fourth-order valence-electron chi connectivity index (χ4n) is 9.12. The number of carboxylic acids is 1. The van der Waals surface area contributed by atoms with E-state index < -0.39 is 38.6 Å². The lowest BCUT2D eigenvalue weighted by molar-refractivity contribution is -0.393. The lowest BCUT2D eigenvalue weighted by Gasteiger charge is -2.63. The van der Waals surface area contributed by atoms with E-state index in [2.05, 4.69) is 29.7 Å². The zero-order chi connectivity index (χ0) is 28.4. The molecule has 6 atom stereocenters. The largest absolute Gasteiger partial charge is 0.481 e. The summed E-state index contributed by atoms with van der Waals surface area (Å²) in [7, 11) is 0. The molecule has 0 radical (unpaired) electrons. The molecule has 3 N–H and O–H groups in total. The molecular formula is C27H35N5O7. The number of hydrogen-bond acceptors (Lipinski definition) is 7. The molecule has 2 bridgehead atoms. The summed E-state index contributed by atoms with van der Waals surface area (Å²) in [6.07, 6.45) is 8.07. The van der Waals surface area contributed by atoms with Gasteiger partial charge in [0.15, 0.2) is 0 Å². The van der Waals surface area contributed by atoms with E-state index in [1.54, 1.807) is 0 Å². The van der Waals surface area contributed by atoms with E-state index in [1.165, 1.54) is 0 Å². The van der Waals surface area contributed by atoms with Crippen molar-refractivity contribution in [2.45, 2.75) is 78.6 Å². The van der Waals surface area contributed by atoms with Crippen molar-refractivity contribution in [3.63, 3.8) is 0 Å². The lowest BCUT2D eigenvalue weighted by atomic mass is 9.40. The predicted octanol–water partition coefficient (Wildman–Crippen LogP) is 5.87. The lowest BCUT2D eigenvalue weighted by Crippen LogP contribution is -2.58. The number of benzene rings is 1. The molecule has 210 valence electrons. The Hall–Kier alpha value is -3.57. The predicted molar refractivity (Wildman–Crippen MR) is 142 cm³/mol. The van der Waals surface area contributed by atoms with Crippen molar-refractivity contribution in [3.05, 3.63) is 38.4 Å². The summed E-state index contributed by atoms with van der Waals surface area (Å²) in [5, 5.41) is 39.4. The van der Waals surface area contributed by atoms with Crippen molar-refractivity contribution in [1.29, 1.82) is 0 Å². The highest BCUT2D eigenvalue weighted by molar-refractivity contribution is 5.96. The standard InChI is InChI=1S/C27H35N5O7/c1-24-11-7-20-25(2)9-4-10-26(3,22(33)34)19(25)8-12-27(20,15-24)14-21(24)29-30-23(35)28-17-6-5-16(31(36)37)13-18(17)32(38)39/h5-6,13,19-20H,4,7-12,14-15H2,1-3H3,(H,33,34)(H2,28,30,35)/b29-21-/t19-,20-,24-,25+,26+,27-/m0/s1. The number of nitrogens with one attached hydrogen (secondary N) is 2. The highest BCUT2D eigenvalue weighted by Crippen LogP contribution is 2.73. The molecule has 39 heavy (non-hydrogen) atoms. The highest BCUT2D eigenvalue weighted by Gasteiger charge is 2.67. The maximum absolute atomic E-state index is 12.7. The molecule has 0 aliphatic heterocycles. The molecule has 4 fully saturated rings. The van der Waals surface area contributed by atoms with Crippen molar-refractivity contribution in [3.8, 4) is 0 Å². The molecule has 0 unspecified atom stereocenters. The third-order valence-corrected chi connectivity index (χ3v) is 10.8. The van der Waals surface area contributed by atoms with Crippen LogP contribution in [0.1, 0.15) is 78.6 Å². The van der Waals surface area contributed by atoms with Crippen molar-refractivity contribution in [2.24, 2.45) is 38.6 Å². The van der Waals surface area contributed by atoms with Crippen LogP contribution in [0.25, 0.3) is 0 Å². The fraction of sp³-hybridized carbons (Fsp3) is 0.667. The number of hydrogen-bond donors (Lipinski definition) is 3. The summed E-state index contributed by atoms with van der Waals surface area (Å²) in [6.45, 7) is 6.42. The molecule has 12 heteroatoms. The molecule has 0 heterocycles. The van der Waals surface area contributed by atoms with Gasteiger partial charge in [-0.15, -0.1) is 0 Å². The minimum atomic E-state index is -0.785. The van der Waals surface area contributed by atoms with Gasteiger partial charge >= 0.3 is 12.0 Å². The van der Waals surface area contributed by atoms with Crippen molar-refractivity contribution >= 4 is 34.8 Å². The van der Waals surface area contributed by atoms with E-state index >= 15 is 0 Å². The number of anilines is 1. The quantitative estimate of drug-likeness (QED) is 0.308. The maximum Gasteiger partial charge on any atom is 0.339 e. The van der Waals surface area contributed by atoms with E-state index in [0.29, 0.717) is 5.92 Å². The minimum Gasteiger partial charge on any atom is -0.481 e. The van der Waals surface area contributed by atoms with Gasteiger partial charge in [-0.25, -0.2) is 10.2 Å². The summed E-state index contributed by atoms with van der Waals surface area (Å²) in [5.41, 5.74) is 1.29. The molecule has 12 nitrogen and oxygen atoms in total. The summed E-state index contributed by atoms with van der Waals surface area (Å²) in [4.78, 5) is 45.9. The first-order valence-electron chi connectivity index (χ1n) is 13.5. The van der Waals surface area contributed by atoms with E-state index in [9.17, 15) is 34.9 Å². The molecule has 1 aromatic carbocycles. The van der Waals surface area contributed by atoms with E-state index in [-0.39, 0.29) is 27.9 Å². The van der Waals surface area contributed by atoms with Crippen LogP contribution in [0.3, 0.4) is 0 Å². The molecule has 0 saturated heterocycles. The normalized spacial score (nSPS) is 37.9. The van der Waals surface area contributed by atoms with Crippen LogP contribution in [0.15, 0.2) is 23.3 Å². The number of urea groups is 1. The first kappa shape index (κ1) is 27.0. The number of amides is 2. The number of carbonyl (C=O) groups excluding carboxylic acids is 1. The van der Waals surface area contributed by atoms with Gasteiger partial charge in [-0.1, -0.05) is 20.3 Å². The van der Waals surface area contributed by atoms with Gasteiger partial charge in [-0.2, -0.15) is 5.10 Å². The second-order valence-electron chi connectivity index (χ2n) is 12.9. The van der Waals surface area contributed by atoms with Crippen LogP contribution < -0.4 is 10.7 Å². The molecule has 4 aliphatic rings. The van der Waals surface area contributed by atoms with Gasteiger partial charge < -0.3 is 10.4 Å². The smallest absolute Gasteiger partial charge is 0.339 e. The van der Waals surface area contributed by atoms with Crippen LogP contribution in [0, 0.1) is 53.7 Å². The van der Waals surface area contributed by atoms with E-state index in [0.717, 1.165) is 81.7 Å². The Morgan fingerprint density at radius 1 is 1.03 bits per heavy atom. The average Bonchev–Trinajstić information content (AvgIpc) is 3.06. The minimum absolute atomic E-state index is 0.0170. The van der Waals surface area contributed by atoms with E-state index in [1.807, 2.05) is 6.92 Å². The van der Waals surface area contributed by atoms with Gasteiger partial charge in [0.05, 0.1) is 21.3 Å². The summed E-state index contributed by atoms with van der Waals surface area (Å²) < 4.78 is 0. The topological polar surface area (TPSA) is 177 Å². The third-order valence-electron chi connectivity index (χ3n) is 10.8. The van der Waals surface area contributed by atoms with Crippen LogP contribution >= 0.6 is 0 Å². The second kappa shape index (κ2) is 8.99. The Balaban J connectivity index is 1.35. The number of nitro groups is 2. The van der Waals surface area contributed by atoms with Gasteiger partial charge in [0.1, 0.15) is 5.69 Å². The Morgan fingerprint density at radius 2 is 1.74 bits per heavy atom. The fourth-order valence-corrected chi connectivity index (χ4v) is 9.12. The number of aliphatic carboxylic acids is 1. The molecule has 1 aromatic rings. The highest BCUT2D eigenvalue weighted by atomic mass is 16.6. The average molecular weight is 542 g/mol. The van der Waals surface area contributed by atoms with Crippen molar-refractivity contribution < 1.29 is 24.5 Å². The van der Waals surface area contributed by atoms with Gasteiger partial charge in [-0.05, 0) is 87.0 Å². The Kier molecular flexibility index (Phi) is 6.23. The number of non-ortho nitro benzene ring substituents is 1. The first-order chi connectivity index (χ1) is 18.2. The van der Waals surface area contributed by atoms with Crippen LogP contribution in [-0.2, 0) is 4.79 Å². The Morgan fingerprint density at radius 3 is 2.41 bits per heavy atom. The van der Waals surface area contributed by atoms with Gasteiger partial charge in [0, 0.05) is 17.2 Å². The molecule has 5 rings (SSSR count). The van der Waals surface area contributed by atoms with Crippen LogP contribution in [0.5, 0.6) is 0 Å². The maximum atomic E-state index is 12.7. The molecule has 4 saturated carbocycles. The van der Waals surface area contributed by atoms with E-state index in [4.69, 9.17) is 0 Å². The Labute approximate surface area is 225 Å². The van der Waals surface area contributed by atoms with Gasteiger partial charge in [0.2, 0.25) is 0 Å². The number of nitro benzene ring substituents is 2. The van der Waals surface area contributed by atoms with Crippen molar-refractivity contribution in [2.75, 3.05) is 5.32 Å². The third kappa shape index (κ3) is 4.15. The SMILES string of the molecule is C[C@@]12CC[C@@H]3[C@@](CC[C@H]4[C@@]3(C)CCC[C@@]4(C)C(=O)O)(C/C1=N/NC(=O)Nc1ccc([N+](=O)[O-])cc1[N+](=O)[O-])C2. The van der Waals surface area contributed by atoms with Crippen molar-refractivity contribution in [1.82, 2.24) is 5.43 Å². The number of carbonyl (C=O) groups is 2. The molecular weight excluding hydrogens is 506 g/mol. The number of nitrogens with zero attached hydrogens (tertiary/aromatic N) is 3. The summed E-state index contributed by atoms with van der Waals surface area (Å²) >= 11 is 0. The number of rotatable bonds is 5. The number of fused-ring (bicyclic) bond motifs is 3. The first-order valence-corrected chi connectivity index (χ1v) is 13.5. The molecule has 2 amide bonds. The van der Waals surface area contributed by atoms with Crippen LogP contribution in [0.4, 0.5) is 21.9 Å². The second-order valence-corrected chi connectivity index (χ2v) is 12.9. The molecule has 0 aromatic heterocycles. The van der Waals surface area contributed by atoms with Crippen LogP contribution in [-0.4, -0.2) is 32.7 Å². The number of carboxylic acid groups (broad SMARTS) is 1. The number of hydrazone groups is 1. The Bertz CT molecular complexity index is 1300. The zero-order valence-corrected chi connectivity index (χ0v) is 22.5. The van der Waals surface area contributed by atoms with Crippen LogP contribution in [0.2, 0.25) is 0 Å². The monoisotopic (exact) mass is 541 g/mol. The molecule has 4 aliphatic carbocycles. The summed E-state index contributed by atoms with van der Waals surface area (Å²) in [5.74, 6) is -0.161. The van der Waals surface area contributed by atoms with Gasteiger partial charge in [-0.3, -0.25) is 25.0 Å². The zero-order valence-electron chi connectivity index (χ0n) is 22.5. The molecule has 1 spiro atoms.